The van der Waals surface area contributed by atoms with Crippen LogP contribution in [0.3, 0.4) is 0 Å². The van der Waals surface area contributed by atoms with Crippen molar-refractivity contribution < 1.29 is 0 Å². The molecule has 2 rings (SSSR count). The lowest BCUT2D eigenvalue weighted by Gasteiger charge is -2.31. The van der Waals surface area contributed by atoms with Crippen molar-refractivity contribution in [3.8, 4) is 0 Å². The first-order chi connectivity index (χ1) is 9.08. The zero-order valence-electron chi connectivity index (χ0n) is 12.5. The molecule has 2 N–H and O–H groups in total. The lowest BCUT2D eigenvalue weighted by Crippen LogP contribution is -2.36. The Balaban J connectivity index is 2.19. The number of hydrogen-bond donors (Lipinski definition) is 1. The Bertz CT molecular complexity index is 408. The zero-order chi connectivity index (χ0) is 13.8. The standard InChI is InChI=1S/C16H27N3/c1-12(2)8-9-19(14-6-4-5-7-14)16-15(17)10-13(3)11-18-16/h10-12,14H,4-9,17H2,1-3H3. The summed E-state index contributed by atoms with van der Waals surface area (Å²) in [5.74, 6) is 1.72. The van der Waals surface area contributed by atoms with Crippen molar-refractivity contribution in [3.05, 3.63) is 17.8 Å². The number of nitrogens with zero attached hydrogens (tertiary/aromatic N) is 2. The van der Waals surface area contributed by atoms with Gasteiger partial charge in [-0.3, -0.25) is 0 Å². The first kappa shape index (κ1) is 14.2. The number of nitrogens with two attached hydrogens (primary N) is 1. The molecule has 1 saturated carbocycles. The third kappa shape index (κ3) is 3.62. The molecule has 0 spiro atoms. The van der Waals surface area contributed by atoms with Crippen molar-refractivity contribution in [1.82, 2.24) is 4.98 Å². The molecule has 1 heterocycles. The Morgan fingerprint density at radius 3 is 2.63 bits per heavy atom. The van der Waals surface area contributed by atoms with Gasteiger partial charge in [-0.05, 0) is 43.7 Å². The van der Waals surface area contributed by atoms with Crippen LogP contribution in [0.1, 0.15) is 51.5 Å². The van der Waals surface area contributed by atoms with E-state index in [0.717, 1.165) is 29.5 Å². The van der Waals surface area contributed by atoms with E-state index in [1.54, 1.807) is 0 Å². The molecule has 19 heavy (non-hydrogen) atoms. The summed E-state index contributed by atoms with van der Waals surface area (Å²) < 4.78 is 0. The second kappa shape index (κ2) is 6.27. The van der Waals surface area contributed by atoms with E-state index in [-0.39, 0.29) is 0 Å². The van der Waals surface area contributed by atoms with Gasteiger partial charge in [-0.25, -0.2) is 4.98 Å². The SMILES string of the molecule is Cc1cnc(N(CCC(C)C)C2CCCC2)c(N)c1. The highest BCUT2D eigenvalue weighted by Gasteiger charge is 2.25. The highest BCUT2D eigenvalue weighted by Crippen LogP contribution is 2.31. The minimum Gasteiger partial charge on any atom is -0.396 e. The molecule has 0 saturated heterocycles. The lowest BCUT2D eigenvalue weighted by molar-refractivity contribution is 0.525. The van der Waals surface area contributed by atoms with Crippen molar-refractivity contribution in [2.45, 2.75) is 58.9 Å². The molecule has 1 aliphatic rings. The minimum atomic E-state index is 0.635. The Kier molecular flexibility index (Phi) is 4.67. The van der Waals surface area contributed by atoms with Crippen molar-refractivity contribution in [3.63, 3.8) is 0 Å². The predicted octanol–water partition coefficient (Wildman–Crippen LogP) is 3.77. The molecule has 3 heteroatoms. The molecule has 0 bridgehead atoms. The van der Waals surface area contributed by atoms with Gasteiger partial charge in [-0.1, -0.05) is 26.7 Å². The van der Waals surface area contributed by atoms with Crippen LogP contribution in [0.2, 0.25) is 0 Å². The van der Waals surface area contributed by atoms with Crippen LogP contribution in [0.5, 0.6) is 0 Å². The highest BCUT2D eigenvalue weighted by molar-refractivity contribution is 5.63. The lowest BCUT2D eigenvalue weighted by atomic mass is 10.1. The van der Waals surface area contributed by atoms with E-state index >= 15 is 0 Å². The highest BCUT2D eigenvalue weighted by atomic mass is 15.2. The van der Waals surface area contributed by atoms with Gasteiger partial charge >= 0.3 is 0 Å². The van der Waals surface area contributed by atoms with E-state index in [1.165, 1.54) is 32.1 Å². The van der Waals surface area contributed by atoms with Crippen molar-refractivity contribution in [1.29, 1.82) is 0 Å². The fourth-order valence-corrected chi connectivity index (χ4v) is 2.90. The molecule has 106 valence electrons. The number of nitrogen functional groups attached to an aromatic ring is 1. The Morgan fingerprint density at radius 2 is 2.05 bits per heavy atom. The molecule has 1 aliphatic carbocycles. The number of aromatic nitrogens is 1. The van der Waals surface area contributed by atoms with Crippen LogP contribution in [0.15, 0.2) is 12.3 Å². The van der Waals surface area contributed by atoms with Crippen molar-refractivity contribution >= 4 is 11.5 Å². The normalized spacial score (nSPS) is 16.2. The molecule has 0 unspecified atom stereocenters. The first-order valence-corrected chi connectivity index (χ1v) is 7.56. The van der Waals surface area contributed by atoms with Gasteiger partial charge in [-0.2, -0.15) is 0 Å². The van der Waals surface area contributed by atoms with Crippen LogP contribution in [0.4, 0.5) is 11.5 Å². The van der Waals surface area contributed by atoms with Gasteiger partial charge in [0.1, 0.15) is 0 Å². The van der Waals surface area contributed by atoms with Gasteiger partial charge in [0.2, 0.25) is 0 Å². The van der Waals surface area contributed by atoms with Gasteiger partial charge in [0.15, 0.2) is 5.82 Å². The number of pyridine rings is 1. The van der Waals surface area contributed by atoms with Crippen molar-refractivity contribution in [2.75, 3.05) is 17.2 Å². The Morgan fingerprint density at radius 1 is 1.37 bits per heavy atom. The van der Waals surface area contributed by atoms with E-state index in [4.69, 9.17) is 5.73 Å². The second-order valence-electron chi connectivity index (χ2n) is 6.24. The van der Waals surface area contributed by atoms with E-state index in [9.17, 15) is 0 Å². The number of aryl methyl sites for hydroxylation is 1. The minimum absolute atomic E-state index is 0.635. The molecule has 1 aromatic rings. The maximum Gasteiger partial charge on any atom is 0.152 e. The molecule has 3 nitrogen and oxygen atoms in total. The average molecular weight is 261 g/mol. The predicted molar refractivity (Wildman–Crippen MR) is 82.4 cm³/mol. The van der Waals surface area contributed by atoms with E-state index < -0.39 is 0 Å². The van der Waals surface area contributed by atoms with E-state index in [2.05, 4.69) is 23.7 Å². The summed E-state index contributed by atoms with van der Waals surface area (Å²) in [6.45, 7) is 7.67. The van der Waals surface area contributed by atoms with Gasteiger partial charge in [0.05, 0.1) is 5.69 Å². The summed E-state index contributed by atoms with van der Waals surface area (Å²) in [6.07, 6.45) is 8.39. The average Bonchev–Trinajstić information content (AvgIpc) is 2.85. The fourth-order valence-electron chi connectivity index (χ4n) is 2.90. The Hall–Kier alpha value is -1.25. The molecule has 1 fully saturated rings. The van der Waals surface area contributed by atoms with Crippen LogP contribution in [0.25, 0.3) is 0 Å². The second-order valence-corrected chi connectivity index (χ2v) is 6.24. The quantitative estimate of drug-likeness (QED) is 0.877. The number of anilines is 2. The van der Waals surface area contributed by atoms with E-state index in [1.807, 2.05) is 19.2 Å². The van der Waals surface area contributed by atoms with Gasteiger partial charge in [0, 0.05) is 18.8 Å². The third-order valence-corrected chi connectivity index (χ3v) is 4.02. The summed E-state index contributed by atoms with van der Waals surface area (Å²) in [7, 11) is 0. The molecule has 0 atom stereocenters. The number of rotatable bonds is 5. The molecule has 0 aromatic carbocycles. The smallest absolute Gasteiger partial charge is 0.152 e. The van der Waals surface area contributed by atoms with Gasteiger partial charge < -0.3 is 10.6 Å². The van der Waals surface area contributed by atoms with E-state index in [0.29, 0.717) is 6.04 Å². The summed E-state index contributed by atoms with van der Waals surface area (Å²) in [6, 6.07) is 2.68. The number of hydrogen-bond acceptors (Lipinski definition) is 3. The summed E-state index contributed by atoms with van der Waals surface area (Å²) in [5, 5.41) is 0. The maximum absolute atomic E-state index is 6.19. The molecule has 0 aliphatic heterocycles. The monoisotopic (exact) mass is 261 g/mol. The maximum atomic E-state index is 6.19. The first-order valence-electron chi connectivity index (χ1n) is 7.56. The molecular formula is C16H27N3. The topological polar surface area (TPSA) is 42.2 Å². The van der Waals surface area contributed by atoms with Crippen molar-refractivity contribution in [2.24, 2.45) is 5.92 Å². The fraction of sp³-hybridized carbons (Fsp3) is 0.688. The molecule has 0 radical (unpaired) electrons. The van der Waals surface area contributed by atoms with Crippen LogP contribution in [0, 0.1) is 12.8 Å². The third-order valence-electron chi connectivity index (χ3n) is 4.02. The largest absolute Gasteiger partial charge is 0.396 e. The van der Waals surface area contributed by atoms with Gasteiger partial charge in [-0.15, -0.1) is 0 Å². The zero-order valence-corrected chi connectivity index (χ0v) is 12.5. The van der Waals surface area contributed by atoms with Crippen LogP contribution < -0.4 is 10.6 Å². The summed E-state index contributed by atoms with van der Waals surface area (Å²) >= 11 is 0. The molecule has 0 amide bonds. The van der Waals surface area contributed by atoms with Crippen LogP contribution >= 0.6 is 0 Å². The van der Waals surface area contributed by atoms with Crippen LogP contribution in [-0.2, 0) is 0 Å². The van der Waals surface area contributed by atoms with Crippen LogP contribution in [-0.4, -0.2) is 17.6 Å². The van der Waals surface area contributed by atoms with Gasteiger partial charge in [0.25, 0.3) is 0 Å². The Labute approximate surface area is 117 Å². The molecule has 1 aromatic heterocycles. The summed E-state index contributed by atoms with van der Waals surface area (Å²) in [5.41, 5.74) is 8.16. The summed E-state index contributed by atoms with van der Waals surface area (Å²) in [4.78, 5) is 7.06. The molecular weight excluding hydrogens is 234 g/mol.